The van der Waals surface area contributed by atoms with Crippen molar-refractivity contribution in [2.45, 2.75) is 17.8 Å². The topological polar surface area (TPSA) is 112 Å². The Hall–Kier alpha value is -3.47. The Morgan fingerprint density at radius 1 is 1.06 bits per heavy atom. The molecule has 2 heterocycles. The number of nitrogens with one attached hydrogen (secondary N) is 1. The zero-order valence-corrected chi connectivity index (χ0v) is 20.6. The molecule has 1 N–H and O–H groups in total. The van der Waals surface area contributed by atoms with Gasteiger partial charge in [0.1, 0.15) is 0 Å². The number of hydrogen-bond donors (Lipinski definition) is 1. The van der Waals surface area contributed by atoms with E-state index in [1.807, 2.05) is 0 Å². The van der Waals surface area contributed by atoms with E-state index in [4.69, 9.17) is 27.9 Å². The van der Waals surface area contributed by atoms with Crippen molar-refractivity contribution in [3.05, 3.63) is 87.9 Å². The van der Waals surface area contributed by atoms with Crippen LogP contribution in [0.5, 0.6) is 0 Å². The lowest BCUT2D eigenvalue weighted by atomic mass is 10.2. The van der Waals surface area contributed by atoms with E-state index in [1.54, 1.807) is 67.8 Å². The molecule has 1 amide bonds. The molecule has 2 aromatic carbocycles. The molecule has 0 aliphatic heterocycles. The van der Waals surface area contributed by atoms with E-state index in [0.29, 0.717) is 43.6 Å². The number of hydrogen-bond acceptors (Lipinski definition) is 8. The molecule has 4 rings (SSSR count). The van der Waals surface area contributed by atoms with Crippen molar-refractivity contribution in [3.63, 3.8) is 0 Å². The van der Waals surface area contributed by atoms with Gasteiger partial charge in [-0.2, -0.15) is 0 Å². The van der Waals surface area contributed by atoms with Gasteiger partial charge in [-0.15, -0.1) is 5.10 Å². The number of carbonyl (C=O) groups is 2. The minimum Gasteiger partial charge on any atom is -0.462 e. The van der Waals surface area contributed by atoms with Crippen molar-refractivity contribution in [3.8, 4) is 5.69 Å². The summed E-state index contributed by atoms with van der Waals surface area (Å²) in [6.45, 7) is 2.01. The molecule has 0 fully saturated rings. The minimum atomic E-state index is -0.474. The van der Waals surface area contributed by atoms with Crippen LogP contribution in [0.3, 0.4) is 0 Å². The van der Waals surface area contributed by atoms with E-state index in [0.717, 1.165) is 0 Å². The lowest BCUT2D eigenvalue weighted by Gasteiger charge is -2.09. The average molecular weight is 529 g/mol. The Bertz CT molecular complexity index is 1330. The molecule has 12 heteroatoms. The average Bonchev–Trinajstić information content (AvgIpc) is 3.27. The molecular weight excluding hydrogens is 511 g/mol. The lowest BCUT2D eigenvalue weighted by molar-refractivity contribution is 0.0526. The highest BCUT2D eigenvalue weighted by Crippen LogP contribution is 2.27. The number of benzene rings is 2. The maximum absolute atomic E-state index is 13.1. The SMILES string of the molecule is CCOC(=O)c1ccc(NC(=O)c2nnn(-c3cc(Cl)cc(Cl)c3)c2CSc2ncccn2)cc1. The predicted molar refractivity (Wildman–Crippen MR) is 133 cm³/mol. The summed E-state index contributed by atoms with van der Waals surface area (Å²) in [5.74, 6) is -0.611. The smallest absolute Gasteiger partial charge is 0.338 e. The summed E-state index contributed by atoms with van der Waals surface area (Å²) in [5, 5.41) is 12.4. The highest BCUT2D eigenvalue weighted by atomic mass is 35.5. The maximum Gasteiger partial charge on any atom is 0.338 e. The summed E-state index contributed by atoms with van der Waals surface area (Å²) in [6.07, 6.45) is 3.27. The molecule has 0 atom stereocenters. The molecule has 35 heavy (non-hydrogen) atoms. The van der Waals surface area contributed by atoms with E-state index in [2.05, 4.69) is 25.6 Å². The molecule has 0 radical (unpaired) electrons. The van der Waals surface area contributed by atoms with Gasteiger partial charge in [-0.1, -0.05) is 40.2 Å². The number of esters is 1. The number of thioether (sulfide) groups is 1. The molecule has 0 saturated carbocycles. The van der Waals surface area contributed by atoms with Crippen molar-refractivity contribution in [2.75, 3.05) is 11.9 Å². The van der Waals surface area contributed by atoms with Crippen LogP contribution in [-0.4, -0.2) is 43.4 Å². The first-order valence-corrected chi connectivity index (χ1v) is 12.1. The van der Waals surface area contributed by atoms with Crippen LogP contribution in [0.2, 0.25) is 10.0 Å². The first-order chi connectivity index (χ1) is 16.9. The van der Waals surface area contributed by atoms with Gasteiger partial charge >= 0.3 is 5.97 Å². The molecule has 0 aliphatic rings. The van der Waals surface area contributed by atoms with E-state index in [9.17, 15) is 9.59 Å². The molecule has 0 aliphatic carbocycles. The molecule has 4 aromatic rings. The summed E-state index contributed by atoms with van der Waals surface area (Å²) in [7, 11) is 0. The standard InChI is InChI=1S/C23H18Cl2N6O3S/c1-2-34-22(33)14-4-6-17(7-5-14)28-21(32)20-19(13-35-23-26-8-3-9-27-23)31(30-29-20)18-11-15(24)10-16(25)12-18/h3-12H,2,13H2,1H3,(H,28,32). The van der Waals surface area contributed by atoms with Crippen molar-refractivity contribution in [1.82, 2.24) is 25.0 Å². The second-order valence-electron chi connectivity index (χ2n) is 7.00. The first kappa shape index (κ1) is 24.6. The second-order valence-corrected chi connectivity index (χ2v) is 8.81. The summed E-state index contributed by atoms with van der Waals surface area (Å²) < 4.78 is 6.49. The normalized spacial score (nSPS) is 10.7. The Kier molecular flexibility index (Phi) is 7.96. The monoisotopic (exact) mass is 528 g/mol. The maximum atomic E-state index is 13.1. The third kappa shape index (κ3) is 6.16. The number of rotatable bonds is 8. The lowest BCUT2D eigenvalue weighted by Crippen LogP contribution is -2.15. The Labute approximate surface area is 214 Å². The van der Waals surface area contributed by atoms with Gasteiger partial charge in [-0.05, 0) is 55.5 Å². The summed E-state index contributed by atoms with van der Waals surface area (Å²) in [5.41, 5.74) is 2.03. The van der Waals surface area contributed by atoms with Gasteiger partial charge in [-0.25, -0.2) is 19.4 Å². The highest BCUT2D eigenvalue weighted by molar-refractivity contribution is 7.98. The number of nitrogens with zero attached hydrogens (tertiary/aromatic N) is 5. The van der Waals surface area contributed by atoms with Gasteiger partial charge in [0, 0.05) is 33.9 Å². The quantitative estimate of drug-likeness (QED) is 0.191. The van der Waals surface area contributed by atoms with E-state index < -0.39 is 11.9 Å². The van der Waals surface area contributed by atoms with Crippen molar-refractivity contribution >= 4 is 52.5 Å². The first-order valence-electron chi connectivity index (χ1n) is 10.3. The van der Waals surface area contributed by atoms with E-state index in [1.165, 1.54) is 16.4 Å². The van der Waals surface area contributed by atoms with Crippen LogP contribution in [-0.2, 0) is 10.5 Å². The molecule has 9 nitrogen and oxygen atoms in total. The largest absolute Gasteiger partial charge is 0.462 e. The van der Waals surface area contributed by atoms with Gasteiger partial charge in [0.15, 0.2) is 10.9 Å². The number of halogens is 2. The number of amides is 1. The molecule has 0 unspecified atom stereocenters. The number of carbonyl (C=O) groups excluding carboxylic acids is 2. The zero-order chi connectivity index (χ0) is 24.8. The second kappa shape index (κ2) is 11.3. The van der Waals surface area contributed by atoms with Crippen LogP contribution >= 0.6 is 35.0 Å². The van der Waals surface area contributed by atoms with Crippen LogP contribution in [0.25, 0.3) is 5.69 Å². The van der Waals surface area contributed by atoms with Gasteiger partial charge in [0.05, 0.1) is 23.6 Å². The minimum absolute atomic E-state index is 0.110. The van der Waals surface area contributed by atoms with Crippen molar-refractivity contribution < 1.29 is 14.3 Å². The molecule has 2 aromatic heterocycles. The fourth-order valence-corrected chi connectivity index (χ4v) is 4.37. The van der Waals surface area contributed by atoms with Gasteiger partial charge in [-0.3, -0.25) is 4.79 Å². The van der Waals surface area contributed by atoms with E-state index >= 15 is 0 Å². The van der Waals surface area contributed by atoms with Crippen LogP contribution in [0, 0.1) is 0 Å². The van der Waals surface area contributed by atoms with Crippen LogP contribution < -0.4 is 5.32 Å². The van der Waals surface area contributed by atoms with Crippen LogP contribution in [0.4, 0.5) is 5.69 Å². The zero-order valence-electron chi connectivity index (χ0n) is 18.3. The Morgan fingerprint density at radius 3 is 2.40 bits per heavy atom. The van der Waals surface area contributed by atoms with Crippen LogP contribution in [0.1, 0.15) is 33.5 Å². The molecule has 0 bridgehead atoms. The summed E-state index contributed by atoms with van der Waals surface area (Å²) in [4.78, 5) is 33.4. The van der Waals surface area contributed by atoms with Gasteiger partial charge < -0.3 is 10.1 Å². The third-order valence-electron chi connectivity index (χ3n) is 4.60. The molecular formula is C23H18Cl2N6O3S. The Balaban J connectivity index is 1.62. The van der Waals surface area contributed by atoms with Crippen LogP contribution in [0.15, 0.2) is 66.1 Å². The highest BCUT2D eigenvalue weighted by Gasteiger charge is 2.22. The van der Waals surface area contributed by atoms with Crippen molar-refractivity contribution in [2.24, 2.45) is 0 Å². The molecule has 0 saturated heterocycles. The number of aromatic nitrogens is 5. The molecule has 0 spiro atoms. The summed E-state index contributed by atoms with van der Waals surface area (Å²) >= 11 is 13.7. The van der Waals surface area contributed by atoms with Crippen molar-refractivity contribution in [1.29, 1.82) is 0 Å². The Morgan fingerprint density at radius 2 is 1.74 bits per heavy atom. The fraction of sp³-hybridized carbons (Fsp3) is 0.130. The fourth-order valence-electron chi connectivity index (χ4n) is 3.06. The third-order valence-corrected chi connectivity index (χ3v) is 5.93. The van der Waals surface area contributed by atoms with E-state index in [-0.39, 0.29) is 12.3 Å². The predicted octanol–water partition coefficient (Wildman–Crippen LogP) is 5.09. The molecule has 178 valence electrons. The number of ether oxygens (including phenoxy) is 1. The van der Waals surface area contributed by atoms with Gasteiger partial charge in [0.25, 0.3) is 5.91 Å². The summed E-state index contributed by atoms with van der Waals surface area (Å²) in [6, 6.07) is 13.0. The van der Waals surface area contributed by atoms with Gasteiger partial charge in [0.2, 0.25) is 0 Å². The number of anilines is 1.